The number of nitrogens with zero attached hydrogens (tertiary/aromatic N) is 2. The number of furan rings is 1. The Kier molecular flexibility index (Phi) is 5.11. The largest absolute Gasteiger partial charge is 0.467 e. The van der Waals surface area contributed by atoms with E-state index in [-0.39, 0.29) is 17.9 Å². The van der Waals surface area contributed by atoms with Gasteiger partial charge < -0.3 is 9.73 Å². The first kappa shape index (κ1) is 16.1. The van der Waals surface area contributed by atoms with E-state index < -0.39 is 0 Å². The Bertz CT molecular complexity index is 702. The van der Waals surface area contributed by atoms with Crippen molar-refractivity contribution in [2.75, 3.05) is 6.54 Å². The zero-order valence-corrected chi connectivity index (χ0v) is 13.6. The molecular formula is C19H21N3O2. The van der Waals surface area contributed by atoms with E-state index in [0.29, 0.717) is 6.54 Å². The van der Waals surface area contributed by atoms with Crippen LogP contribution in [0.25, 0.3) is 0 Å². The molecule has 124 valence electrons. The summed E-state index contributed by atoms with van der Waals surface area (Å²) in [6.07, 6.45) is 5.97. The third kappa shape index (κ3) is 3.56. The molecule has 0 aliphatic carbocycles. The third-order valence-electron chi connectivity index (χ3n) is 4.11. The molecular weight excluding hydrogens is 302 g/mol. The van der Waals surface area contributed by atoms with Gasteiger partial charge in [0.25, 0.3) is 0 Å². The quantitative estimate of drug-likeness (QED) is 0.725. The van der Waals surface area contributed by atoms with Gasteiger partial charge in [0.2, 0.25) is 5.91 Å². The molecule has 0 fully saturated rings. The molecule has 1 N–H and O–H groups in total. The van der Waals surface area contributed by atoms with Gasteiger partial charge in [-0.2, -0.15) is 5.10 Å². The van der Waals surface area contributed by atoms with Crippen LogP contribution in [0.15, 0.2) is 71.6 Å². The van der Waals surface area contributed by atoms with Gasteiger partial charge in [0.15, 0.2) is 0 Å². The van der Waals surface area contributed by atoms with Crippen LogP contribution in [0.5, 0.6) is 0 Å². The molecule has 1 aromatic carbocycles. The van der Waals surface area contributed by atoms with Crippen molar-refractivity contribution in [1.82, 2.24) is 15.1 Å². The fourth-order valence-electron chi connectivity index (χ4n) is 2.85. The molecule has 24 heavy (non-hydrogen) atoms. The molecule has 0 saturated heterocycles. The summed E-state index contributed by atoms with van der Waals surface area (Å²) >= 11 is 0. The molecule has 2 aromatic heterocycles. The van der Waals surface area contributed by atoms with Crippen LogP contribution in [0.1, 0.15) is 36.6 Å². The number of nitrogens with one attached hydrogen (secondary N) is 1. The summed E-state index contributed by atoms with van der Waals surface area (Å²) in [7, 11) is 0. The highest BCUT2D eigenvalue weighted by molar-refractivity contribution is 5.83. The number of hydrogen-bond acceptors (Lipinski definition) is 3. The molecule has 0 aliphatic heterocycles. The Labute approximate surface area is 141 Å². The molecule has 0 aliphatic rings. The number of rotatable bonds is 7. The lowest BCUT2D eigenvalue weighted by Crippen LogP contribution is -2.34. The van der Waals surface area contributed by atoms with Gasteiger partial charge in [0, 0.05) is 18.9 Å². The van der Waals surface area contributed by atoms with Gasteiger partial charge in [0.05, 0.1) is 12.2 Å². The van der Waals surface area contributed by atoms with Crippen LogP contribution in [0.3, 0.4) is 0 Å². The molecule has 0 bridgehead atoms. The Morgan fingerprint density at radius 3 is 2.67 bits per heavy atom. The number of aromatic nitrogens is 2. The summed E-state index contributed by atoms with van der Waals surface area (Å²) < 4.78 is 7.31. The van der Waals surface area contributed by atoms with Gasteiger partial charge in [-0.05, 0) is 30.2 Å². The van der Waals surface area contributed by atoms with Crippen LogP contribution in [0.4, 0.5) is 0 Å². The first-order valence-electron chi connectivity index (χ1n) is 8.14. The fourth-order valence-corrected chi connectivity index (χ4v) is 2.85. The molecule has 3 rings (SSSR count). The van der Waals surface area contributed by atoms with Gasteiger partial charge in [-0.15, -0.1) is 0 Å². The van der Waals surface area contributed by atoms with Crippen LogP contribution in [0.2, 0.25) is 0 Å². The topological polar surface area (TPSA) is 60.1 Å². The maximum absolute atomic E-state index is 12.6. The second kappa shape index (κ2) is 7.64. The van der Waals surface area contributed by atoms with Crippen LogP contribution < -0.4 is 5.32 Å². The molecule has 0 radical (unpaired) electrons. The molecule has 0 saturated carbocycles. The van der Waals surface area contributed by atoms with Crippen molar-refractivity contribution < 1.29 is 9.21 Å². The summed E-state index contributed by atoms with van der Waals surface area (Å²) in [6, 6.07) is 15.3. The first-order valence-corrected chi connectivity index (χ1v) is 8.14. The summed E-state index contributed by atoms with van der Waals surface area (Å²) in [6.45, 7) is 2.45. The Hall–Kier alpha value is -2.82. The Morgan fingerprint density at radius 2 is 2.04 bits per heavy atom. The van der Waals surface area contributed by atoms with Crippen molar-refractivity contribution in [3.05, 3.63) is 78.5 Å². The average Bonchev–Trinajstić information content (AvgIpc) is 3.31. The van der Waals surface area contributed by atoms with E-state index in [1.807, 2.05) is 61.7 Å². The minimum atomic E-state index is -0.160. The smallest absolute Gasteiger partial charge is 0.227 e. The average molecular weight is 323 g/mol. The van der Waals surface area contributed by atoms with Gasteiger partial charge in [-0.3, -0.25) is 9.48 Å². The molecule has 3 aromatic rings. The standard InChI is InChI=1S/C19H21N3O2/c1-2-16(15-8-4-3-5-9-15)19(23)20-14-17(18-10-6-13-24-18)22-12-7-11-21-22/h3-13,16-17H,2,14H2,1H3,(H,20,23)/t16-,17+/m1/s1. The van der Waals surface area contributed by atoms with Crippen molar-refractivity contribution in [1.29, 1.82) is 0 Å². The maximum Gasteiger partial charge on any atom is 0.227 e. The Balaban J connectivity index is 1.71. The SMILES string of the molecule is CC[C@@H](C(=O)NC[C@@H](c1ccco1)n1cccn1)c1ccccc1. The number of carbonyl (C=O) groups is 1. The van der Waals surface area contributed by atoms with E-state index in [2.05, 4.69) is 10.4 Å². The van der Waals surface area contributed by atoms with E-state index in [1.165, 1.54) is 0 Å². The highest BCUT2D eigenvalue weighted by atomic mass is 16.3. The van der Waals surface area contributed by atoms with Gasteiger partial charge in [-0.25, -0.2) is 0 Å². The third-order valence-corrected chi connectivity index (χ3v) is 4.11. The number of amides is 1. The lowest BCUT2D eigenvalue weighted by molar-refractivity contribution is -0.122. The van der Waals surface area contributed by atoms with Gasteiger partial charge >= 0.3 is 0 Å². The molecule has 5 heteroatoms. The van der Waals surface area contributed by atoms with E-state index in [9.17, 15) is 4.79 Å². The van der Waals surface area contributed by atoms with Crippen LogP contribution >= 0.6 is 0 Å². The van der Waals surface area contributed by atoms with Gasteiger partial charge in [0.1, 0.15) is 11.8 Å². The lowest BCUT2D eigenvalue weighted by atomic mass is 9.95. The normalized spacial score (nSPS) is 13.4. The summed E-state index contributed by atoms with van der Waals surface area (Å²) in [5, 5.41) is 7.33. The van der Waals surface area contributed by atoms with Crippen molar-refractivity contribution in [2.45, 2.75) is 25.3 Å². The predicted molar refractivity (Wildman–Crippen MR) is 91.6 cm³/mol. The second-order valence-corrected chi connectivity index (χ2v) is 5.63. The van der Waals surface area contributed by atoms with Crippen LogP contribution in [-0.2, 0) is 4.79 Å². The van der Waals surface area contributed by atoms with Crippen molar-refractivity contribution in [2.24, 2.45) is 0 Å². The summed E-state index contributed by atoms with van der Waals surface area (Å²) in [5.74, 6) is 0.639. The van der Waals surface area contributed by atoms with Crippen LogP contribution in [-0.4, -0.2) is 22.2 Å². The Morgan fingerprint density at radius 1 is 1.21 bits per heavy atom. The van der Waals surface area contributed by atoms with Crippen molar-refractivity contribution in [3.8, 4) is 0 Å². The number of carbonyl (C=O) groups excluding carboxylic acids is 1. The summed E-state index contributed by atoms with van der Waals surface area (Å²) in [4.78, 5) is 12.6. The maximum atomic E-state index is 12.6. The zero-order valence-electron chi connectivity index (χ0n) is 13.6. The van der Waals surface area contributed by atoms with Crippen LogP contribution in [0, 0.1) is 0 Å². The van der Waals surface area contributed by atoms with E-state index in [4.69, 9.17) is 4.42 Å². The monoisotopic (exact) mass is 323 g/mol. The zero-order chi connectivity index (χ0) is 16.8. The predicted octanol–water partition coefficient (Wildman–Crippen LogP) is 3.38. The minimum absolute atomic E-state index is 0.0208. The number of benzene rings is 1. The van der Waals surface area contributed by atoms with E-state index in [1.54, 1.807) is 17.1 Å². The lowest BCUT2D eigenvalue weighted by Gasteiger charge is -2.19. The second-order valence-electron chi connectivity index (χ2n) is 5.63. The molecule has 0 spiro atoms. The minimum Gasteiger partial charge on any atom is -0.467 e. The first-order chi connectivity index (χ1) is 11.8. The highest BCUT2D eigenvalue weighted by Gasteiger charge is 2.22. The summed E-state index contributed by atoms with van der Waals surface area (Å²) in [5.41, 5.74) is 1.03. The molecule has 0 unspecified atom stereocenters. The molecule has 1 amide bonds. The van der Waals surface area contributed by atoms with Crippen molar-refractivity contribution >= 4 is 5.91 Å². The van der Waals surface area contributed by atoms with Gasteiger partial charge in [-0.1, -0.05) is 37.3 Å². The highest BCUT2D eigenvalue weighted by Crippen LogP contribution is 2.21. The van der Waals surface area contributed by atoms with E-state index >= 15 is 0 Å². The molecule has 5 nitrogen and oxygen atoms in total. The number of hydrogen-bond donors (Lipinski definition) is 1. The molecule has 2 atom stereocenters. The van der Waals surface area contributed by atoms with E-state index in [0.717, 1.165) is 17.7 Å². The van der Waals surface area contributed by atoms with Crippen molar-refractivity contribution in [3.63, 3.8) is 0 Å². The molecule has 2 heterocycles. The fraction of sp³-hybridized carbons (Fsp3) is 0.263.